The van der Waals surface area contributed by atoms with Crippen molar-refractivity contribution < 1.29 is 0 Å². The van der Waals surface area contributed by atoms with Gasteiger partial charge in [0, 0.05) is 43.4 Å². The summed E-state index contributed by atoms with van der Waals surface area (Å²) in [5.41, 5.74) is 6.60. The summed E-state index contributed by atoms with van der Waals surface area (Å²) >= 11 is 0. The minimum atomic E-state index is 0.742. The number of fused-ring (bicyclic) bond motifs is 2. The first-order chi connectivity index (χ1) is 12.8. The van der Waals surface area contributed by atoms with E-state index in [9.17, 15) is 0 Å². The van der Waals surface area contributed by atoms with Crippen LogP contribution < -0.4 is 10.6 Å². The Morgan fingerprint density at radius 3 is 3.00 bits per heavy atom. The molecule has 2 N–H and O–H groups in total. The fraction of sp³-hybridized carbons (Fsp3) is 0.211. The van der Waals surface area contributed by atoms with Crippen molar-refractivity contribution in [1.82, 2.24) is 29.5 Å². The second-order valence-electron chi connectivity index (χ2n) is 6.55. The maximum Gasteiger partial charge on any atom is 0.180 e. The van der Waals surface area contributed by atoms with Crippen LogP contribution in [0.4, 0.5) is 11.5 Å². The molecule has 3 aromatic heterocycles. The molecule has 7 nitrogen and oxygen atoms in total. The molecule has 0 saturated heterocycles. The van der Waals surface area contributed by atoms with Crippen molar-refractivity contribution in [3.8, 4) is 11.3 Å². The Kier molecular flexibility index (Phi) is 3.46. The summed E-state index contributed by atoms with van der Waals surface area (Å²) in [5.74, 6) is 0.742. The number of aryl methyl sites for hydroxylation is 1. The lowest BCUT2D eigenvalue weighted by Gasteiger charge is -2.18. The van der Waals surface area contributed by atoms with Crippen molar-refractivity contribution in [2.75, 3.05) is 11.9 Å². The molecule has 130 valence electrons. The highest BCUT2D eigenvalue weighted by atomic mass is 15.2. The summed E-state index contributed by atoms with van der Waals surface area (Å²) in [6.45, 7) is 1.96. The molecule has 4 heterocycles. The van der Waals surface area contributed by atoms with Gasteiger partial charge in [0.15, 0.2) is 11.5 Å². The molecule has 0 aliphatic carbocycles. The Balaban J connectivity index is 1.53. The first-order valence-corrected chi connectivity index (χ1v) is 8.68. The largest absolute Gasteiger partial charge is 0.337 e. The van der Waals surface area contributed by atoms with Gasteiger partial charge in [0.05, 0.1) is 18.1 Å². The SMILES string of the molecule is Cn1cc(-c2cnc3c(Nc4ccc5c(c4)CNCC5)nccn23)cn1. The summed E-state index contributed by atoms with van der Waals surface area (Å²) in [6.07, 6.45) is 10.5. The Bertz CT molecular complexity index is 1090. The Hall–Kier alpha value is -3.19. The number of nitrogens with one attached hydrogen (secondary N) is 2. The average Bonchev–Trinajstić information content (AvgIpc) is 3.28. The van der Waals surface area contributed by atoms with Gasteiger partial charge in [-0.3, -0.25) is 9.08 Å². The highest BCUT2D eigenvalue weighted by Gasteiger charge is 2.13. The van der Waals surface area contributed by atoms with Crippen LogP contribution in [-0.2, 0) is 20.0 Å². The quantitative estimate of drug-likeness (QED) is 0.597. The van der Waals surface area contributed by atoms with Crippen molar-refractivity contribution in [3.63, 3.8) is 0 Å². The first-order valence-electron chi connectivity index (χ1n) is 8.68. The van der Waals surface area contributed by atoms with E-state index in [4.69, 9.17) is 0 Å². The van der Waals surface area contributed by atoms with E-state index in [2.05, 4.69) is 43.9 Å². The van der Waals surface area contributed by atoms with Gasteiger partial charge in [-0.25, -0.2) is 9.97 Å². The van der Waals surface area contributed by atoms with Crippen LogP contribution in [0.2, 0.25) is 0 Å². The molecule has 0 bridgehead atoms. The zero-order chi connectivity index (χ0) is 17.5. The normalized spacial score (nSPS) is 13.7. The molecule has 0 fully saturated rings. The van der Waals surface area contributed by atoms with Crippen molar-refractivity contribution in [1.29, 1.82) is 0 Å². The van der Waals surface area contributed by atoms with Gasteiger partial charge in [-0.1, -0.05) is 6.07 Å². The van der Waals surface area contributed by atoms with E-state index in [1.165, 1.54) is 11.1 Å². The van der Waals surface area contributed by atoms with E-state index in [-0.39, 0.29) is 0 Å². The van der Waals surface area contributed by atoms with Crippen LogP contribution in [0.3, 0.4) is 0 Å². The van der Waals surface area contributed by atoms with E-state index < -0.39 is 0 Å². The van der Waals surface area contributed by atoms with Crippen molar-refractivity contribution in [3.05, 3.63) is 60.3 Å². The maximum atomic E-state index is 4.58. The summed E-state index contributed by atoms with van der Waals surface area (Å²) < 4.78 is 3.82. The van der Waals surface area contributed by atoms with Gasteiger partial charge < -0.3 is 10.6 Å². The van der Waals surface area contributed by atoms with Gasteiger partial charge in [-0.2, -0.15) is 5.10 Å². The third-order valence-corrected chi connectivity index (χ3v) is 4.78. The minimum Gasteiger partial charge on any atom is -0.337 e. The first kappa shape index (κ1) is 15.1. The predicted octanol–water partition coefficient (Wildman–Crippen LogP) is 2.52. The number of rotatable bonds is 3. The monoisotopic (exact) mass is 345 g/mol. The van der Waals surface area contributed by atoms with E-state index >= 15 is 0 Å². The minimum absolute atomic E-state index is 0.742. The Labute approximate surface area is 150 Å². The van der Waals surface area contributed by atoms with Crippen LogP contribution in [-0.4, -0.2) is 30.7 Å². The number of anilines is 2. The molecule has 0 spiro atoms. The highest BCUT2D eigenvalue weighted by molar-refractivity contribution is 5.74. The molecule has 7 heteroatoms. The molecule has 1 aliphatic rings. The summed E-state index contributed by atoms with van der Waals surface area (Å²) in [5, 5.41) is 11.1. The third kappa shape index (κ3) is 2.53. The predicted molar refractivity (Wildman–Crippen MR) is 100 cm³/mol. The van der Waals surface area contributed by atoms with Crippen LogP contribution in [0.5, 0.6) is 0 Å². The third-order valence-electron chi connectivity index (χ3n) is 4.78. The molecule has 1 aromatic carbocycles. The molecule has 0 saturated carbocycles. The van der Waals surface area contributed by atoms with Crippen molar-refractivity contribution >= 4 is 17.2 Å². The van der Waals surface area contributed by atoms with Gasteiger partial charge >= 0.3 is 0 Å². The summed E-state index contributed by atoms with van der Waals surface area (Å²) in [7, 11) is 1.91. The number of hydrogen-bond donors (Lipinski definition) is 2. The molecule has 0 amide bonds. The molecule has 5 rings (SSSR count). The molecular weight excluding hydrogens is 326 g/mol. The number of imidazole rings is 1. The molecule has 1 aliphatic heterocycles. The maximum absolute atomic E-state index is 4.58. The molecule has 26 heavy (non-hydrogen) atoms. The van der Waals surface area contributed by atoms with Crippen molar-refractivity contribution in [2.45, 2.75) is 13.0 Å². The number of benzene rings is 1. The van der Waals surface area contributed by atoms with Crippen LogP contribution in [0.25, 0.3) is 16.9 Å². The lowest BCUT2D eigenvalue weighted by molar-refractivity contribution is 0.644. The number of hydrogen-bond acceptors (Lipinski definition) is 5. The van der Waals surface area contributed by atoms with Crippen LogP contribution in [0.1, 0.15) is 11.1 Å². The Morgan fingerprint density at radius 1 is 1.15 bits per heavy atom. The van der Waals surface area contributed by atoms with Crippen molar-refractivity contribution in [2.24, 2.45) is 7.05 Å². The lowest BCUT2D eigenvalue weighted by atomic mass is 10.0. The average molecular weight is 345 g/mol. The highest BCUT2D eigenvalue weighted by Crippen LogP contribution is 2.26. The number of nitrogens with zero attached hydrogens (tertiary/aromatic N) is 5. The molecule has 0 radical (unpaired) electrons. The number of aromatic nitrogens is 5. The van der Waals surface area contributed by atoms with Crippen LogP contribution in [0.15, 0.2) is 49.2 Å². The molecular formula is C19H19N7. The second-order valence-corrected chi connectivity index (χ2v) is 6.55. The topological polar surface area (TPSA) is 72.1 Å². The molecule has 0 unspecified atom stereocenters. The lowest BCUT2D eigenvalue weighted by Crippen LogP contribution is -2.23. The zero-order valence-electron chi connectivity index (χ0n) is 14.5. The van der Waals surface area contributed by atoms with Gasteiger partial charge in [0.1, 0.15) is 0 Å². The van der Waals surface area contributed by atoms with E-state index in [0.29, 0.717) is 0 Å². The van der Waals surface area contributed by atoms with E-state index in [0.717, 1.165) is 47.9 Å². The smallest absolute Gasteiger partial charge is 0.180 e. The molecule has 4 aromatic rings. The van der Waals surface area contributed by atoms with Crippen LogP contribution in [0, 0.1) is 0 Å². The van der Waals surface area contributed by atoms with Gasteiger partial charge in [-0.15, -0.1) is 0 Å². The van der Waals surface area contributed by atoms with E-state index in [1.807, 2.05) is 36.2 Å². The van der Waals surface area contributed by atoms with Crippen LogP contribution >= 0.6 is 0 Å². The standard InChI is InChI=1S/C19H19N7/c1-25-12-15(10-23-25)17-11-22-19-18(21-6-7-26(17)19)24-16-3-2-13-4-5-20-9-14(13)8-16/h2-3,6-8,10-12,20H,4-5,9H2,1H3,(H,21,24). The van der Waals surface area contributed by atoms with Gasteiger partial charge in [0.25, 0.3) is 0 Å². The van der Waals surface area contributed by atoms with Gasteiger partial charge in [0.2, 0.25) is 0 Å². The Morgan fingerprint density at radius 2 is 2.12 bits per heavy atom. The zero-order valence-corrected chi connectivity index (χ0v) is 14.5. The fourth-order valence-electron chi connectivity index (χ4n) is 3.47. The molecule has 0 atom stereocenters. The fourth-order valence-corrected chi connectivity index (χ4v) is 3.47. The van der Waals surface area contributed by atoms with E-state index in [1.54, 1.807) is 10.9 Å². The van der Waals surface area contributed by atoms with Gasteiger partial charge in [-0.05, 0) is 36.2 Å². The summed E-state index contributed by atoms with van der Waals surface area (Å²) in [6, 6.07) is 6.50. The summed E-state index contributed by atoms with van der Waals surface area (Å²) in [4.78, 5) is 9.07. The second kappa shape index (κ2) is 5.96.